The summed E-state index contributed by atoms with van der Waals surface area (Å²) < 4.78 is 13.0. The van der Waals surface area contributed by atoms with Crippen LogP contribution in [0.2, 0.25) is 0 Å². The zero-order valence-corrected chi connectivity index (χ0v) is 17.3. The van der Waals surface area contributed by atoms with Crippen molar-refractivity contribution in [1.82, 2.24) is 4.57 Å². The molecule has 0 N–H and O–H groups in total. The van der Waals surface area contributed by atoms with Gasteiger partial charge in [-0.3, -0.25) is 4.79 Å². The third kappa shape index (κ3) is 4.86. The zero-order valence-electron chi connectivity index (χ0n) is 17.3. The van der Waals surface area contributed by atoms with Crippen molar-refractivity contribution < 1.29 is 23.8 Å². The SMILES string of the molecule is COc1ccc(CCn2c(C)cc(C(=O)COC(=O)c3cc[n+]([O-])cc3)c2C)cc1. The van der Waals surface area contributed by atoms with E-state index in [0.717, 1.165) is 30.1 Å². The van der Waals surface area contributed by atoms with Crippen molar-refractivity contribution >= 4 is 11.8 Å². The first-order chi connectivity index (χ1) is 14.4. The summed E-state index contributed by atoms with van der Waals surface area (Å²) in [5.74, 6) is -0.0866. The highest BCUT2D eigenvalue weighted by atomic mass is 16.5. The maximum Gasteiger partial charge on any atom is 0.339 e. The van der Waals surface area contributed by atoms with E-state index in [2.05, 4.69) is 4.57 Å². The average molecular weight is 408 g/mol. The van der Waals surface area contributed by atoms with Crippen LogP contribution < -0.4 is 9.47 Å². The summed E-state index contributed by atoms with van der Waals surface area (Å²) in [7, 11) is 1.64. The van der Waals surface area contributed by atoms with Crippen LogP contribution in [-0.2, 0) is 17.7 Å². The number of esters is 1. The molecule has 3 aromatic rings. The predicted molar refractivity (Wildman–Crippen MR) is 111 cm³/mol. The molecule has 0 spiro atoms. The molecule has 156 valence electrons. The molecule has 3 rings (SSSR count). The summed E-state index contributed by atoms with van der Waals surface area (Å²) >= 11 is 0. The normalized spacial score (nSPS) is 10.6. The van der Waals surface area contributed by atoms with E-state index in [9.17, 15) is 14.8 Å². The number of hydrogen-bond acceptors (Lipinski definition) is 5. The number of nitrogens with zero attached hydrogens (tertiary/aromatic N) is 2. The van der Waals surface area contributed by atoms with Gasteiger partial charge in [0.1, 0.15) is 5.75 Å². The molecule has 0 radical (unpaired) electrons. The average Bonchev–Trinajstić information content (AvgIpc) is 3.04. The first-order valence-corrected chi connectivity index (χ1v) is 9.58. The van der Waals surface area contributed by atoms with E-state index in [0.29, 0.717) is 10.3 Å². The fourth-order valence-corrected chi connectivity index (χ4v) is 3.30. The lowest BCUT2D eigenvalue weighted by molar-refractivity contribution is -0.605. The van der Waals surface area contributed by atoms with Crippen LogP contribution in [0.3, 0.4) is 0 Å². The minimum absolute atomic E-state index is 0.222. The van der Waals surface area contributed by atoms with Crippen molar-refractivity contribution in [1.29, 1.82) is 0 Å². The number of ketones is 1. The third-order valence-electron chi connectivity index (χ3n) is 5.03. The Morgan fingerprint density at radius 3 is 2.37 bits per heavy atom. The lowest BCUT2D eigenvalue weighted by Crippen LogP contribution is -2.24. The lowest BCUT2D eigenvalue weighted by atomic mass is 10.1. The van der Waals surface area contributed by atoms with Crippen molar-refractivity contribution in [3.63, 3.8) is 0 Å². The van der Waals surface area contributed by atoms with Gasteiger partial charge in [0, 0.05) is 35.6 Å². The fourth-order valence-electron chi connectivity index (χ4n) is 3.30. The number of methoxy groups -OCH3 is 1. The van der Waals surface area contributed by atoms with Crippen LogP contribution in [0.25, 0.3) is 0 Å². The van der Waals surface area contributed by atoms with E-state index in [1.165, 1.54) is 30.1 Å². The summed E-state index contributed by atoms with van der Waals surface area (Å²) in [6, 6.07) is 12.4. The Hall–Kier alpha value is -3.61. The molecule has 7 heteroatoms. The van der Waals surface area contributed by atoms with Crippen molar-refractivity contribution in [3.05, 3.63) is 88.1 Å². The summed E-state index contributed by atoms with van der Waals surface area (Å²) in [6.45, 7) is 4.22. The topological polar surface area (TPSA) is 84.5 Å². The highest BCUT2D eigenvalue weighted by Crippen LogP contribution is 2.18. The summed E-state index contributed by atoms with van der Waals surface area (Å²) in [5, 5.41) is 11.0. The van der Waals surface area contributed by atoms with Gasteiger partial charge in [0.25, 0.3) is 0 Å². The number of Topliss-reactive ketones (excluding diaryl/α,β-unsaturated/α-hetero) is 1. The molecule has 2 aromatic heterocycles. The van der Waals surface area contributed by atoms with Gasteiger partial charge in [0.05, 0.1) is 12.7 Å². The monoisotopic (exact) mass is 408 g/mol. The van der Waals surface area contributed by atoms with E-state index in [1.54, 1.807) is 7.11 Å². The van der Waals surface area contributed by atoms with Gasteiger partial charge in [-0.15, -0.1) is 0 Å². The van der Waals surface area contributed by atoms with E-state index in [4.69, 9.17) is 9.47 Å². The smallest absolute Gasteiger partial charge is 0.339 e. The second-order valence-electron chi connectivity index (χ2n) is 6.98. The minimum atomic E-state index is -0.641. The fraction of sp³-hybridized carbons (Fsp3) is 0.261. The Bertz CT molecular complexity index is 1040. The predicted octanol–water partition coefficient (Wildman–Crippen LogP) is 3.03. The molecule has 0 aliphatic heterocycles. The molecule has 0 bridgehead atoms. The maximum atomic E-state index is 12.6. The molecule has 0 saturated carbocycles. The van der Waals surface area contributed by atoms with E-state index in [1.807, 2.05) is 44.2 Å². The Balaban J connectivity index is 1.62. The Labute approximate surface area is 175 Å². The minimum Gasteiger partial charge on any atom is -0.619 e. The Kier molecular flexibility index (Phi) is 6.51. The molecule has 0 fully saturated rings. The highest BCUT2D eigenvalue weighted by molar-refractivity contribution is 6.00. The number of aromatic nitrogens is 2. The van der Waals surface area contributed by atoms with Crippen LogP contribution in [0.1, 0.15) is 37.7 Å². The van der Waals surface area contributed by atoms with E-state index >= 15 is 0 Å². The van der Waals surface area contributed by atoms with Crippen molar-refractivity contribution in [3.8, 4) is 5.75 Å². The number of carbonyl (C=O) groups is 2. The lowest BCUT2D eigenvalue weighted by Gasteiger charge is -2.10. The molecular weight excluding hydrogens is 384 g/mol. The Morgan fingerprint density at radius 2 is 1.73 bits per heavy atom. The summed E-state index contributed by atoms with van der Waals surface area (Å²) in [6.07, 6.45) is 3.22. The second-order valence-corrected chi connectivity index (χ2v) is 6.98. The molecule has 1 aromatic carbocycles. The van der Waals surface area contributed by atoms with Gasteiger partial charge in [-0.1, -0.05) is 12.1 Å². The van der Waals surface area contributed by atoms with Gasteiger partial charge in [-0.05, 0) is 44.0 Å². The maximum absolute atomic E-state index is 12.6. The van der Waals surface area contributed by atoms with Crippen molar-refractivity contribution in [2.45, 2.75) is 26.8 Å². The first kappa shape index (κ1) is 21.1. The summed E-state index contributed by atoms with van der Waals surface area (Å²) in [5.41, 5.74) is 3.75. The molecule has 0 amide bonds. The molecule has 2 heterocycles. The zero-order chi connectivity index (χ0) is 21.7. The number of aryl methyl sites for hydroxylation is 2. The van der Waals surface area contributed by atoms with Crippen LogP contribution in [0.5, 0.6) is 5.75 Å². The van der Waals surface area contributed by atoms with Gasteiger partial charge in [0.15, 0.2) is 19.0 Å². The van der Waals surface area contributed by atoms with Crippen molar-refractivity contribution in [2.75, 3.05) is 13.7 Å². The number of pyridine rings is 1. The number of rotatable bonds is 8. The van der Waals surface area contributed by atoms with Crippen LogP contribution in [0.15, 0.2) is 54.9 Å². The molecule has 0 saturated heterocycles. The molecular formula is C23H24N2O5. The molecule has 0 aliphatic rings. The van der Waals surface area contributed by atoms with Gasteiger partial charge in [-0.2, -0.15) is 4.73 Å². The number of ether oxygens (including phenoxy) is 2. The molecule has 30 heavy (non-hydrogen) atoms. The molecule has 7 nitrogen and oxygen atoms in total. The number of carbonyl (C=O) groups excluding carboxylic acids is 2. The van der Waals surface area contributed by atoms with Crippen LogP contribution in [0.4, 0.5) is 0 Å². The van der Waals surface area contributed by atoms with E-state index in [-0.39, 0.29) is 18.0 Å². The molecule has 0 unspecified atom stereocenters. The molecule has 0 atom stereocenters. The number of hydrogen-bond donors (Lipinski definition) is 0. The van der Waals surface area contributed by atoms with Gasteiger partial charge >= 0.3 is 5.97 Å². The standard InChI is InChI=1S/C23H24N2O5/c1-16-14-21(22(26)15-30-23(27)19-9-11-24(28)12-10-19)17(2)25(16)13-8-18-4-6-20(29-3)7-5-18/h4-7,9-12,14H,8,13,15H2,1-3H3. The van der Waals surface area contributed by atoms with Gasteiger partial charge < -0.3 is 19.2 Å². The third-order valence-corrected chi connectivity index (χ3v) is 5.03. The molecule has 0 aliphatic carbocycles. The first-order valence-electron chi connectivity index (χ1n) is 9.58. The largest absolute Gasteiger partial charge is 0.619 e. The van der Waals surface area contributed by atoms with E-state index < -0.39 is 5.97 Å². The Morgan fingerprint density at radius 1 is 1.07 bits per heavy atom. The second kappa shape index (κ2) is 9.26. The van der Waals surface area contributed by atoms with Gasteiger partial charge in [-0.25, -0.2) is 4.79 Å². The quantitative estimate of drug-likeness (QED) is 0.248. The van der Waals surface area contributed by atoms with Crippen LogP contribution in [-0.4, -0.2) is 30.0 Å². The van der Waals surface area contributed by atoms with Crippen LogP contribution >= 0.6 is 0 Å². The van der Waals surface area contributed by atoms with Crippen molar-refractivity contribution in [2.24, 2.45) is 0 Å². The van der Waals surface area contributed by atoms with Crippen LogP contribution in [0, 0.1) is 19.1 Å². The number of benzene rings is 1. The highest BCUT2D eigenvalue weighted by Gasteiger charge is 2.18. The summed E-state index contributed by atoms with van der Waals surface area (Å²) in [4.78, 5) is 24.7. The van der Waals surface area contributed by atoms with Gasteiger partial charge in [0.2, 0.25) is 5.78 Å².